The molecule has 0 saturated heterocycles. The zero-order valence-electron chi connectivity index (χ0n) is 17.5. The summed E-state index contributed by atoms with van der Waals surface area (Å²) < 4.78 is 2.02. The van der Waals surface area contributed by atoms with Crippen LogP contribution in [0.15, 0.2) is 48.6 Å². The van der Waals surface area contributed by atoms with Gasteiger partial charge in [0.1, 0.15) is 0 Å². The molecule has 1 heterocycles. The summed E-state index contributed by atoms with van der Waals surface area (Å²) in [5.41, 5.74) is 3.59. The van der Waals surface area contributed by atoms with Crippen molar-refractivity contribution in [2.45, 2.75) is 46.1 Å². The number of benzene rings is 2. The van der Waals surface area contributed by atoms with E-state index in [-0.39, 0.29) is 17.4 Å². The molecule has 5 nitrogen and oxygen atoms in total. The van der Waals surface area contributed by atoms with Gasteiger partial charge >= 0.3 is 172 Å². The number of rotatable bonds is 4. The molecule has 0 saturated carbocycles. The Morgan fingerprint density at radius 1 is 1.14 bits per heavy atom. The van der Waals surface area contributed by atoms with Crippen molar-refractivity contribution in [3.05, 3.63) is 65.5 Å². The van der Waals surface area contributed by atoms with Crippen LogP contribution in [0.3, 0.4) is 0 Å². The first-order valence-corrected chi connectivity index (χ1v) is 9.70. The first kappa shape index (κ1) is 20.5. The number of hydrogen-bond donors (Lipinski definition) is 1. The summed E-state index contributed by atoms with van der Waals surface area (Å²) in [5.74, 6) is 1.06. The first-order valence-electron chi connectivity index (χ1n) is 9.70. The molecular weight excluding hydrogens is 359 g/mol. The van der Waals surface area contributed by atoms with Gasteiger partial charge in [0.2, 0.25) is 0 Å². The Kier molecular flexibility index (Phi) is 5.70. The normalized spacial score (nSPS) is 11.2. The zero-order chi connectivity index (χ0) is 21.2. The standard InChI is InChI=1S/C23H25BN4O/c1-15(2)21-27-24-14-28(21)20-11-18(17-8-6-16(13-25)7-9-17)10-19(12-20)22(29)26-23(3,4)5/h6-12,14-15H,1-5H3,(H,26,29). The molecule has 0 bridgehead atoms. The summed E-state index contributed by atoms with van der Waals surface area (Å²) in [7, 11) is 1.78. The van der Waals surface area contributed by atoms with Crippen LogP contribution in [0.5, 0.6) is 0 Å². The Labute approximate surface area is 172 Å². The number of carbonyl (C=O) groups excluding carboxylic acids is 1. The van der Waals surface area contributed by atoms with Crippen LogP contribution in [0.25, 0.3) is 16.8 Å². The van der Waals surface area contributed by atoms with Gasteiger partial charge in [-0.3, -0.25) is 0 Å². The van der Waals surface area contributed by atoms with Gasteiger partial charge in [-0.25, -0.2) is 0 Å². The van der Waals surface area contributed by atoms with E-state index in [2.05, 4.69) is 30.1 Å². The van der Waals surface area contributed by atoms with E-state index in [4.69, 9.17) is 5.26 Å². The molecule has 0 aliphatic heterocycles. The summed E-state index contributed by atoms with van der Waals surface area (Å²) in [5, 5.41) is 12.1. The van der Waals surface area contributed by atoms with E-state index < -0.39 is 0 Å². The fourth-order valence-electron chi connectivity index (χ4n) is 3.16. The predicted octanol–water partition coefficient (Wildman–Crippen LogP) is 4.40. The molecule has 146 valence electrons. The Bertz CT molecular complexity index is 1070. The van der Waals surface area contributed by atoms with E-state index in [9.17, 15) is 4.79 Å². The Hall–Kier alpha value is -3.20. The van der Waals surface area contributed by atoms with Crippen molar-refractivity contribution in [2.24, 2.45) is 0 Å². The van der Waals surface area contributed by atoms with Gasteiger partial charge in [-0.2, -0.15) is 0 Å². The fourth-order valence-corrected chi connectivity index (χ4v) is 3.16. The van der Waals surface area contributed by atoms with Crippen LogP contribution >= 0.6 is 0 Å². The van der Waals surface area contributed by atoms with Crippen molar-refractivity contribution in [1.29, 1.82) is 5.26 Å². The van der Waals surface area contributed by atoms with E-state index in [0.717, 1.165) is 22.6 Å². The Morgan fingerprint density at radius 3 is 2.41 bits per heavy atom. The molecule has 0 aliphatic rings. The molecule has 0 fully saturated rings. The van der Waals surface area contributed by atoms with Crippen molar-refractivity contribution in [2.75, 3.05) is 0 Å². The topological polar surface area (TPSA) is 70.7 Å². The van der Waals surface area contributed by atoms with Gasteiger partial charge < -0.3 is 0 Å². The number of hydrogen-bond acceptors (Lipinski definition) is 3. The summed E-state index contributed by atoms with van der Waals surface area (Å²) in [6, 6.07) is 15.3. The van der Waals surface area contributed by atoms with Gasteiger partial charge in [-0.15, -0.1) is 0 Å². The van der Waals surface area contributed by atoms with Gasteiger partial charge in [-0.05, 0) is 0 Å². The molecule has 3 aromatic rings. The molecule has 0 radical (unpaired) electrons. The minimum absolute atomic E-state index is 0.125. The second-order valence-corrected chi connectivity index (χ2v) is 8.47. The predicted molar refractivity (Wildman–Crippen MR) is 116 cm³/mol. The second-order valence-electron chi connectivity index (χ2n) is 8.47. The molecule has 3 rings (SSSR count). The van der Waals surface area contributed by atoms with Crippen molar-refractivity contribution < 1.29 is 4.79 Å². The third kappa shape index (κ3) is 4.81. The van der Waals surface area contributed by atoms with Gasteiger partial charge in [0.15, 0.2) is 0 Å². The third-order valence-electron chi connectivity index (χ3n) is 4.48. The maximum atomic E-state index is 12.9. The van der Waals surface area contributed by atoms with E-state index in [0.29, 0.717) is 11.1 Å². The molecule has 0 spiro atoms. The zero-order valence-corrected chi connectivity index (χ0v) is 17.5. The molecule has 2 aromatic carbocycles. The first-order chi connectivity index (χ1) is 13.7. The quantitative estimate of drug-likeness (QED) is 0.725. The third-order valence-corrected chi connectivity index (χ3v) is 4.48. The van der Waals surface area contributed by atoms with E-state index in [1.165, 1.54) is 0 Å². The van der Waals surface area contributed by atoms with Crippen molar-refractivity contribution in [1.82, 2.24) is 14.8 Å². The number of amides is 1. The number of carbonyl (C=O) groups is 1. The van der Waals surface area contributed by atoms with Crippen molar-refractivity contribution >= 4 is 13.0 Å². The number of nitrogens with zero attached hydrogens (tertiary/aromatic N) is 3. The van der Waals surface area contributed by atoms with E-state index in [1.54, 1.807) is 19.2 Å². The summed E-state index contributed by atoms with van der Waals surface area (Å²) >= 11 is 0. The van der Waals surface area contributed by atoms with Crippen LogP contribution in [0.2, 0.25) is 0 Å². The molecular formula is C23H25BN4O. The van der Waals surface area contributed by atoms with Gasteiger partial charge in [-0.1, -0.05) is 0 Å². The molecule has 0 unspecified atom stereocenters. The van der Waals surface area contributed by atoms with Crippen LogP contribution in [0.4, 0.5) is 0 Å². The van der Waals surface area contributed by atoms with Gasteiger partial charge in [0.25, 0.3) is 0 Å². The molecule has 1 amide bonds. The van der Waals surface area contributed by atoms with Crippen LogP contribution in [-0.2, 0) is 0 Å². The van der Waals surface area contributed by atoms with Crippen molar-refractivity contribution in [3.63, 3.8) is 0 Å². The Morgan fingerprint density at radius 2 is 1.83 bits per heavy atom. The van der Waals surface area contributed by atoms with E-state index in [1.807, 2.05) is 61.8 Å². The van der Waals surface area contributed by atoms with Gasteiger partial charge in [0.05, 0.1) is 0 Å². The van der Waals surface area contributed by atoms with Gasteiger partial charge in [0, 0.05) is 0 Å². The fraction of sp³-hybridized carbons (Fsp3) is 0.304. The van der Waals surface area contributed by atoms with Crippen LogP contribution in [0, 0.1) is 11.3 Å². The van der Waals surface area contributed by atoms with Crippen LogP contribution < -0.4 is 5.32 Å². The molecule has 0 aliphatic carbocycles. The van der Waals surface area contributed by atoms with Crippen LogP contribution in [0.1, 0.15) is 62.3 Å². The molecule has 29 heavy (non-hydrogen) atoms. The maximum absolute atomic E-state index is 12.9. The van der Waals surface area contributed by atoms with Crippen LogP contribution in [-0.4, -0.2) is 28.0 Å². The second kappa shape index (κ2) is 8.04. The average molecular weight is 384 g/mol. The summed E-state index contributed by atoms with van der Waals surface area (Å²) in [6.45, 7) is 10.1. The Balaban J connectivity index is 2.15. The molecule has 1 N–H and O–H groups in total. The van der Waals surface area contributed by atoms with E-state index >= 15 is 0 Å². The summed E-state index contributed by atoms with van der Waals surface area (Å²) in [4.78, 5) is 17.4. The monoisotopic (exact) mass is 384 g/mol. The minimum atomic E-state index is -0.334. The molecule has 0 atom stereocenters. The number of aromatic nitrogens is 2. The summed E-state index contributed by atoms with van der Waals surface area (Å²) in [6.07, 6.45) is 1.92. The molecule has 6 heteroatoms. The molecule has 1 aromatic heterocycles. The SMILES string of the molecule is CC(C)c1nbcn1-c1cc(C(=O)NC(C)(C)C)cc(-c2ccc(C#N)cc2)c1. The number of nitriles is 1. The average Bonchev–Trinajstić information content (AvgIpc) is 3.16. The van der Waals surface area contributed by atoms with Crippen molar-refractivity contribution in [3.8, 4) is 22.9 Å². The number of nitrogens with one attached hydrogen (secondary N) is 1.